The van der Waals surface area contributed by atoms with Gasteiger partial charge in [-0.05, 0) is 26.3 Å². The first kappa shape index (κ1) is 13.2. The van der Waals surface area contributed by atoms with E-state index in [9.17, 15) is 0 Å². The number of anilines is 1. The largest absolute Gasteiger partial charge is 0.384 e. The van der Waals surface area contributed by atoms with Crippen molar-refractivity contribution in [1.29, 1.82) is 0 Å². The summed E-state index contributed by atoms with van der Waals surface area (Å²) in [6.07, 6.45) is 2.70. The van der Waals surface area contributed by atoms with E-state index >= 15 is 0 Å². The Morgan fingerprint density at radius 1 is 1.50 bits per heavy atom. The lowest BCUT2D eigenvalue weighted by Crippen LogP contribution is -2.32. The summed E-state index contributed by atoms with van der Waals surface area (Å²) in [5.74, 6) is 1.35. The van der Waals surface area contributed by atoms with E-state index in [4.69, 9.17) is 10.5 Å². The van der Waals surface area contributed by atoms with Gasteiger partial charge in [0, 0.05) is 24.9 Å². The SMILES string of the molecule is CCN(Cc1nc(C)cc(N)n1)CC1CCCO1. The number of aromatic nitrogens is 2. The molecule has 1 atom stereocenters. The molecule has 0 bridgehead atoms. The van der Waals surface area contributed by atoms with Crippen LogP contribution in [0.15, 0.2) is 6.07 Å². The third kappa shape index (κ3) is 3.65. The maximum Gasteiger partial charge on any atom is 0.144 e. The monoisotopic (exact) mass is 250 g/mol. The number of aryl methyl sites for hydroxylation is 1. The van der Waals surface area contributed by atoms with Crippen LogP contribution in [0, 0.1) is 6.92 Å². The Bertz CT molecular complexity index is 370. The molecule has 1 aromatic heterocycles. The van der Waals surface area contributed by atoms with Crippen molar-refractivity contribution >= 4 is 5.82 Å². The Balaban J connectivity index is 1.95. The Kier molecular flexibility index (Phi) is 4.49. The van der Waals surface area contributed by atoms with E-state index in [0.717, 1.165) is 44.2 Å². The highest BCUT2D eigenvalue weighted by Crippen LogP contribution is 2.14. The molecule has 1 aromatic rings. The average molecular weight is 250 g/mol. The molecule has 1 aliphatic heterocycles. The first-order chi connectivity index (χ1) is 8.67. The van der Waals surface area contributed by atoms with Crippen molar-refractivity contribution in [3.8, 4) is 0 Å². The lowest BCUT2D eigenvalue weighted by atomic mass is 10.2. The van der Waals surface area contributed by atoms with E-state index in [0.29, 0.717) is 11.9 Å². The van der Waals surface area contributed by atoms with E-state index in [2.05, 4.69) is 21.8 Å². The number of likely N-dealkylation sites (N-methyl/N-ethyl adjacent to an activating group) is 1. The van der Waals surface area contributed by atoms with E-state index in [1.165, 1.54) is 6.42 Å². The Morgan fingerprint density at radius 3 is 2.94 bits per heavy atom. The van der Waals surface area contributed by atoms with Crippen LogP contribution in [0.5, 0.6) is 0 Å². The van der Waals surface area contributed by atoms with Gasteiger partial charge in [-0.1, -0.05) is 6.92 Å². The molecule has 18 heavy (non-hydrogen) atoms. The topological polar surface area (TPSA) is 64.3 Å². The van der Waals surface area contributed by atoms with Gasteiger partial charge in [-0.25, -0.2) is 9.97 Å². The van der Waals surface area contributed by atoms with Crippen LogP contribution in [0.1, 0.15) is 31.3 Å². The zero-order valence-corrected chi connectivity index (χ0v) is 11.2. The molecule has 0 spiro atoms. The van der Waals surface area contributed by atoms with Gasteiger partial charge in [0.05, 0.1) is 12.6 Å². The van der Waals surface area contributed by atoms with E-state index < -0.39 is 0 Å². The molecule has 1 fully saturated rings. The molecule has 0 saturated carbocycles. The molecular weight excluding hydrogens is 228 g/mol. The van der Waals surface area contributed by atoms with Crippen LogP contribution in [-0.4, -0.2) is 40.7 Å². The Labute approximate surface area is 108 Å². The summed E-state index contributed by atoms with van der Waals surface area (Å²) in [6.45, 7) is 7.65. The molecule has 0 aromatic carbocycles. The fourth-order valence-electron chi connectivity index (χ4n) is 2.31. The summed E-state index contributed by atoms with van der Waals surface area (Å²) in [4.78, 5) is 11.0. The molecular formula is C13H22N4O. The quantitative estimate of drug-likeness (QED) is 0.855. The number of nitrogens with zero attached hydrogens (tertiary/aromatic N) is 3. The third-order valence-corrected chi connectivity index (χ3v) is 3.22. The molecule has 0 radical (unpaired) electrons. The minimum Gasteiger partial charge on any atom is -0.384 e. The third-order valence-electron chi connectivity index (χ3n) is 3.22. The maximum atomic E-state index is 5.75. The van der Waals surface area contributed by atoms with Crippen molar-refractivity contribution in [3.05, 3.63) is 17.6 Å². The van der Waals surface area contributed by atoms with Gasteiger partial charge in [-0.3, -0.25) is 4.90 Å². The van der Waals surface area contributed by atoms with Crippen molar-refractivity contribution in [2.45, 2.75) is 39.3 Å². The highest BCUT2D eigenvalue weighted by Gasteiger charge is 2.19. The molecule has 1 saturated heterocycles. The standard InChI is InChI=1S/C13H22N4O/c1-3-17(8-11-5-4-6-18-11)9-13-15-10(2)7-12(14)16-13/h7,11H,3-6,8-9H2,1-2H3,(H2,14,15,16). The van der Waals surface area contributed by atoms with Crippen molar-refractivity contribution in [3.63, 3.8) is 0 Å². The first-order valence-electron chi connectivity index (χ1n) is 6.61. The second-order valence-corrected chi connectivity index (χ2v) is 4.81. The smallest absolute Gasteiger partial charge is 0.144 e. The first-order valence-corrected chi connectivity index (χ1v) is 6.61. The van der Waals surface area contributed by atoms with Gasteiger partial charge in [0.2, 0.25) is 0 Å². The summed E-state index contributed by atoms with van der Waals surface area (Å²) < 4.78 is 5.66. The molecule has 100 valence electrons. The zero-order valence-electron chi connectivity index (χ0n) is 11.2. The predicted octanol–water partition coefficient (Wildman–Crippen LogP) is 1.37. The van der Waals surface area contributed by atoms with Crippen molar-refractivity contribution in [2.24, 2.45) is 0 Å². The van der Waals surface area contributed by atoms with Gasteiger partial charge in [0.1, 0.15) is 11.6 Å². The fourth-order valence-corrected chi connectivity index (χ4v) is 2.31. The molecule has 0 amide bonds. The predicted molar refractivity (Wildman–Crippen MR) is 71.1 cm³/mol. The summed E-state index contributed by atoms with van der Waals surface area (Å²) in [6, 6.07) is 1.79. The van der Waals surface area contributed by atoms with Crippen molar-refractivity contribution in [1.82, 2.24) is 14.9 Å². The normalized spacial score (nSPS) is 19.6. The van der Waals surface area contributed by atoms with Crippen molar-refractivity contribution in [2.75, 3.05) is 25.4 Å². The van der Waals surface area contributed by atoms with Crippen LogP contribution < -0.4 is 5.73 Å². The number of nitrogen functional groups attached to an aromatic ring is 1. The van der Waals surface area contributed by atoms with Gasteiger partial charge < -0.3 is 10.5 Å². The van der Waals surface area contributed by atoms with Crippen LogP contribution in [0.3, 0.4) is 0 Å². The Hall–Kier alpha value is -1.20. The van der Waals surface area contributed by atoms with Crippen molar-refractivity contribution < 1.29 is 4.74 Å². The molecule has 0 aliphatic carbocycles. The summed E-state index contributed by atoms with van der Waals surface area (Å²) in [5.41, 5.74) is 6.67. The number of ether oxygens (including phenoxy) is 1. The van der Waals surface area contributed by atoms with Crippen LogP contribution in [-0.2, 0) is 11.3 Å². The van der Waals surface area contributed by atoms with E-state index in [1.807, 2.05) is 6.92 Å². The van der Waals surface area contributed by atoms with Crippen LogP contribution in [0.25, 0.3) is 0 Å². The highest BCUT2D eigenvalue weighted by molar-refractivity contribution is 5.29. The molecule has 2 heterocycles. The zero-order chi connectivity index (χ0) is 13.0. The fraction of sp³-hybridized carbons (Fsp3) is 0.692. The molecule has 5 heteroatoms. The second-order valence-electron chi connectivity index (χ2n) is 4.81. The van der Waals surface area contributed by atoms with Crippen LogP contribution in [0.4, 0.5) is 5.82 Å². The minimum absolute atomic E-state index is 0.368. The van der Waals surface area contributed by atoms with Gasteiger partial charge in [0.25, 0.3) is 0 Å². The molecule has 1 unspecified atom stereocenters. The van der Waals surface area contributed by atoms with Crippen LogP contribution >= 0.6 is 0 Å². The van der Waals surface area contributed by atoms with E-state index in [-0.39, 0.29) is 0 Å². The van der Waals surface area contributed by atoms with Gasteiger partial charge >= 0.3 is 0 Å². The molecule has 2 rings (SSSR count). The van der Waals surface area contributed by atoms with E-state index in [1.54, 1.807) is 6.07 Å². The number of hydrogen-bond donors (Lipinski definition) is 1. The van der Waals surface area contributed by atoms with Gasteiger partial charge in [-0.15, -0.1) is 0 Å². The average Bonchev–Trinajstić information content (AvgIpc) is 2.79. The summed E-state index contributed by atoms with van der Waals surface area (Å²) in [7, 11) is 0. The van der Waals surface area contributed by atoms with Gasteiger partial charge in [-0.2, -0.15) is 0 Å². The highest BCUT2D eigenvalue weighted by atomic mass is 16.5. The van der Waals surface area contributed by atoms with Gasteiger partial charge in [0.15, 0.2) is 0 Å². The molecule has 1 aliphatic rings. The molecule has 5 nitrogen and oxygen atoms in total. The minimum atomic E-state index is 0.368. The number of rotatable bonds is 5. The number of hydrogen-bond acceptors (Lipinski definition) is 5. The molecule has 2 N–H and O–H groups in total. The lowest BCUT2D eigenvalue weighted by molar-refractivity contribution is 0.0717. The van der Waals surface area contributed by atoms with Crippen LogP contribution in [0.2, 0.25) is 0 Å². The Morgan fingerprint density at radius 2 is 2.33 bits per heavy atom. The maximum absolute atomic E-state index is 5.75. The lowest BCUT2D eigenvalue weighted by Gasteiger charge is -2.22. The number of nitrogens with two attached hydrogens (primary N) is 1. The second kappa shape index (κ2) is 6.11. The summed E-state index contributed by atoms with van der Waals surface area (Å²) in [5, 5.41) is 0. The summed E-state index contributed by atoms with van der Waals surface area (Å²) >= 11 is 0.